The molecule has 0 aliphatic heterocycles. The fourth-order valence-corrected chi connectivity index (χ4v) is 10.2. The lowest BCUT2D eigenvalue weighted by atomic mass is 9.82. The predicted octanol–water partition coefficient (Wildman–Crippen LogP) is 15.7. The Kier molecular flexibility index (Phi) is 7.31. The van der Waals surface area contributed by atoms with Crippen LogP contribution in [0.3, 0.4) is 0 Å². The van der Waals surface area contributed by atoms with E-state index >= 15 is 0 Å². The molecule has 0 radical (unpaired) electrons. The quantitative estimate of drug-likeness (QED) is 0.174. The molecule has 1 aliphatic rings. The van der Waals surface area contributed by atoms with Crippen LogP contribution >= 0.6 is 0 Å². The summed E-state index contributed by atoms with van der Waals surface area (Å²) in [5.74, 6) is 0. The second-order valence-corrected chi connectivity index (χ2v) is 16.5. The molecule has 12 rings (SSSR count). The molecular formula is C57H40N2. The average molecular weight is 753 g/mol. The molecule has 0 saturated heterocycles. The summed E-state index contributed by atoms with van der Waals surface area (Å²) in [5, 5.41) is 9.89. The Bertz CT molecular complexity index is 3520. The number of aromatic nitrogens is 1. The van der Waals surface area contributed by atoms with Crippen molar-refractivity contribution in [1.29, 1.82) is 0 Å². The van der Waals surface area contributed by atoms with Gasteiger partial charge in [-0.15, -0.1) is 0 Å². The van der Waals surface area contributed by atoms with Gasteiger partial charge >= 0.3 is 0 Å². The van der Waals surface area contributed by atoms with Crippen LogP contribution in [0.1, 0.15) is 25.0 Å². The third kappa shape index (κ3) is 5.00. The molecule has 0 saturated carbocycles. The monoisotopic (exact) mass is 752 g/mol. The molecule has 2 heterocycles. The van der Waals surface area contributed by atoms with Gasteiger partial charge in [0.25, 0.3) is 0 Å². The second kappa shape index (κ2) is 12.8. The molecule has 1 aliphatic carbocycles. The summed E-state index contributed by atoms with van der Waals surface area (Å²) in [5.41, 5.74) is 14.7. The number of rotatable bonds is 4. The minimum absolute atomic E-state index is 0.119. The maximum atomic E-state index is 2.52. The Morgan fingerprint density at radius 1 is 0.339 bits per heavy atom. The van der Waals surface area contributed by atoms with E-state index in [0.29, 0.717) is 0 Å². The van der Waals surface area contributed by atoms with Crippen LogP contribution in [0.5, 0.6) is 0 Å². The first-order valence-electron chi connectivity index (χ1n) is 20.6. The van der Waals surface area contributed by atoms with Crippen LogP contribution in [0, 0.1) is 0 Å². The highest BCUT2D eigenvalue weighted by Gasteiger charge is 2.35. The molecule has 0 amide bonds. The van der Waals surface area contributed by atoms with Gasteiger partial charge in [-0.2, -0.15) is 0 Å². The molecule has 2 heteroatoms. The van der Waals surface area contributed by atoms with Crippen molar-refractivity contribution in [3.8, 4) is 22.3 Å². The number of hydrogen-bond donors (Lipinski definition) is 0. The lowest BCUT2D eigenvalue weighted by molar-refractivity contribution is 0.660. The number of nitrogens with zero attached hydrogens (tertiary/aromatic N) is 2. The van der Waals surface area contributed by atoms with E-state index in [1.807, 2.05) is 0 Å². The predicted molar refractivity (Wildman–Crippen MR) is 251 cm³/mol. The maximum Gasteiger partial charge on any atom is 0.0619 e. The standard InChI is InChI=1S/C57H40N2/c1-57(2)52-25-12-10-21-46(52)47-33-31-41(36-53(47)57)58(39-29-27-38(28-30-39)37-15-4-3-5-16-37)40-32-34-55-51(35-40)50-24-14-23-49-45-20-9-7-18-43(45)42-17-6-8-19-44(42)48-22-11-13-26-54(48)59(55)56(49)50/h3-36H,1-2H3. The molecule has 2 aromatic heterocycles. The van der Waals surface area contributed by atoms with E-state index in [2.05, 4.69) is 229 Å². The van der Waals surface area contributed by atoms with Gasteiger partial charge in [0, 0.05) is 44.0 Å². The van der Waals surface area contributed by atoms with Crippen molar-refractivity contribution in [1.82, 2.24) is 4.40 Å². The lowest BCUT2D eigenvalue weighted by Gasteiger charge is -2.28. The first-order chi connectivity index (χ1) is 29.0. The fraction of sp³-hybridized carbons (Fsp3) is 0.0526. The zero-order chi connectivity index (χ0) is 39.2. The number of benzene rings is 9. The van der Waals surface area contributed by atoms with Gasteiger partial charge in [-0.25, -0.2) is 0 Å². The largest absolute Gasteiger partial charge is 0.310 e. The fourth-order valence-electron chi connectivity index (χ4n) is 10.2. The summed E-state index contributed by atoms with van der Waals surface area (Å²) in [6.07, 6.45) is 0. The van der Waals surface area contributed by atoms with Crippen LogP contribution in [0.15, 0.2) is 206 Å². The Morgan fingerprint density at radius 2 is 0.831 bits per heavy atom. The molecule has 0 spiro atoms. The number of anilines is 3. The van der Waals surface area contributed by atoms with Gasteiger partial charge in [0.2, 0.25) is 0 Å². The molecule has 59 heavy (non-hydrogen) atoms. The van der Waals surface area contributed by atoms with E-state index < -0.39 is 0 Å². The molecule has 0 N–H and O–H groups in total. The summed E-state index contributed by atoms with van der Waals surface area (Å²) in [6, 6.07) is 76.3. The zero-order valence-corrected chi connectivity index (χ0v) is 33.0. The highest BCUT2D eigenvalue weighted by atomic mass is 15.1. The first kappa shape index (κ1) is 33.7. The van der Waals surface area contributed by atoms with Crippen LogP contribution in [-0.4, -0.2) is 4.40 Å². The van der Waals surface area contributed by atoms with E-state index in [-0.39, 0.29) is 5.41 Å². The normalized spacial score (nSPS) is 13.1. The van der Waals surface area contributed by atoms with Crippen LogP contribution in [-0.2, 0) is 5.41 Å². The van der Waals surface area contributed by atoms with Crippen molar-refractivity contribution in [2.75, 3.05) is 4.90 Å². The number of para-hydroxylation sites is 2. The van der Waals surface area contributed by atoms with E-state index in [0.717, 1.165) is 17.1 Å². The molecular weight excluding hydrogens is 713 g/mol. The third-order valence-corrected chi connectivity index (χ3v) is 13.0. The average Bonchev–Trinajstić information content (AvgIpc) is 3.76. The summed E-state index contributed by atoms with van der Waals surface area (Å²) >= 11 is 0. The van der Waals surface area contributed by atoms with Crippen LogP contribution < -0.4 is 4.90 Å². The van der Waals surface area contributed by atoms with E-state index in [4.69, 9.17) is 0 Å². The van der Waals surface area contributed by atoms with Gasteiger partial charge in [-0.3, -0.25) is 0 Å². The van der Waals surface area contributed by atoms with E-state index in [1.54, 1.807) is 0 Å². The van der Waals surface area contributed by atoms with Crippen molar-refractivity contribution < 1.29 is 0 Å². The van der Waals surface area contributed by atoms with Gasteiger partial charge in [0.05, 0.1) is 16.6 Å². The highest BCUT2D eigenvalue weighted by Crippen LogP contribution is 2.51. The molecule has 11 aromatic rings. The van der Waals surface area contributed by atoms with Crippen molar-refractivity contribution >= 4 is 76.7 Å². The number of hydrogen-bond acceptors (Lipinski definition) is 1. The molecule has 9 aromatic carbocycles. The summed E-state index contributed by atoms with van der Waals surface area (Å²) in [4.78, 5) is 2.45. The SMILES string of the molecule is CC1(C)c2ccccc2-c2ccc(N(c3ccc(-c4ccccc4)cc3)c3ccc4c(c3)c3cccc5c6ccccc6c6ccccc6c6ccccc6n4c53)cc21. The van der Waals surface area contributed by atoms with Crippen molar-refractivity contribution in [2.24, 2.45) is 0 Å². The van der Waals surface area contributed by atoms with Gasteiger partial charge in [-0.05, 0) is 103 Å². The maximum absolute atomic E-state index is 2.52. The Hall–Kier alpha value is -7.42. The number of fused-ring (bicyclic) bond motifs is 13. The van der Waals surface area contributed by atoms with Crippen molar-refractivity contribution in [3.63, 3.8) is 0 Å². The molecule has 2 nitrogen and oxygen atoms in total. The second-order valence-electron chi connectivity index (χ2n) is 16.5. The zero-order valence-electron chi connectivity index (χ0n) is 33.0. The van der Waals surface area contributed by atoms with Crippen LogP contribution in [0.4, 0.5) is 17.1 Å². The van der Waals surface area contributed by atoms with E-state index in [9.17, 15) is 0 Å². The minimum Gasteiger partial charge on any atom is -0.310 e. The summed E-state index contributed by atoms with van der Waals surface area (Å²) in [7, 11) is 0. The summed E-state index contributed by atoms with van der Waals surface area (Å²) in [6.45, 7) is 4.73. The molecule has 0 atom stereocenters. The minimum atomic E-state index is -0.119. The Morgan fingerprint density at radius 3 is 1.58 bits per heavy atom. The topological polar surface area (TPSA) is 7.65 Å². The van der Waals surface area contributed by atoms with Gasteiger partial charge in [0.15, 0.2) is 0 Å². The summed E-state index contributed by atoms with van der Waals surface area (Å²) < 4.78 is 2.52. The first-order valence-corrected chi connectivity index (χ1v) is 20.6. The molecule has 0 unspecified atom stereocenters. The van der Waals surface area contributed by atoms with Crippen LogP contribution in [0.25, 0.3) is 81.9 Å². The van der Waals surface area contributed by atoms with Crippen molar-refractivity contribution in [2.45, 2.75) is 19.3 Å². The van der Waals surface area contributed by atoms with Gasteiger partial charge in [-0.1, -0.05) is 172 Å². The molecule has 0 bridgehead atoms. The Balaban J connectivity index is 1.16. The van der Waals surface area contributed by atoms with Crippen LogP contribution in [0.2, 0.25) is 0 Å². The van der Waals surface area contributed by atoms with Crippen molar-refractivity contribution in [3.05, 3.63) is 217 Å². The third-order valence-electron chi connectivity index (χ3n) is 13.0. The highest BCUT2D eigenvalue weighted by molar-refractivity contribution is 6.25. The molecule has 278 valence electrons. The Labute approximate surface area is 343 Å². The smallest absolute Gasteiger partial charge is 0.0619 e. The van der Waals surface area contributed by atoms with E-state index in [1.165, 1.54) is 93.0 Å². The van der Waals surface area contributed by atoms with Gasteiger partial charge < -0.3 is 9.30 Å². The molecule has 0 fully saturated rings. The lowest BCUT2D eigenvalue weighted by Crippen LogP contribution is -2.16. The van der Waals surface area contributed by atoms with Gasteiger partial charge in [0.1, 0.15) is 0 Å².